The Morgan fingerprint density at radius 1 is 1.40 bits per heavy atom. The van der Waals surface area contributed by atoms with Crippen LogP contribution in [-0.4, -0.2) is 9.78 Å². The molecule has 0 fully saturated rings. The third-order valence-corrected chi connectivity index (χ3v) is 1.88. The van der Waals surface area contributed by atoms with Gasteiger partial charge in [-0.15, -0.1) is 0 Å². The first-order chi connectivity index (χ1) is 4.88. The molecule has 1 aliphatic rings. The second-order valence-electron chi connectivity index (χ2n) is 2.59. The van der Waals surface area contributed by atoms with E-state index in [2.05, 4.69) is 17.3 Å². The lowest BCUT2D eigenvalue weighted by molar-refractivity contribution is 0.739. The fourth-order valence-electron chi connectivity index (χ4n) is 1.33. The quantitative estimate of drug-likeness (QED) is 0.479. The van der Waals surface area contributed by atoms with Crippen molar-refractivity contribution in [1.29, 1.82) is 0 Å². The summed E-state index contributed by atoms with van der Waals surface area (Å²) in [6.07, 6.45) is 8.72. The molecule has 2 rings (SSSR count). The summed E-state index contributed by atoms with van der Waals surface area (Å²) in [5, 5.41) is 6.71. The lowest BCUT2D eigenvalue weighted by Gasteiger charge is -1.94. The Balaban J connectivity index is 2.89. The van der Waals surface area contributed by atoms with Gasteiger partial charge in [0.1, 0.15) is 0 Å². The summed E-state index contributed by atoms with van der Waals surface area (Å²) in [6, 6.07) is 0. The second-order valence-corrected chi connectivity index (χ2v) is 2.59. The van der Waals surface area contributed by atoms with Crippen LogP contribution in [0.1, 0.15) is 12.8 Å². The number of nitrogens with zero attached hydrogens (tertiary/aromatic N) is 2. The fraction of sp³-hybridized carbons (Fsp3) is 0.375. The Morgan fingerprint density at radius 3 is 3.00 bits per heavy atom. The predicted octanol–water partition coefficient (Wildman–Crippen LogP) is -0.225. The van der Waals surface area contributed by atoms with Crippen LogP contribution >= 0.6 is 0 Å². The van der Waals surface area contributed by atoms with Crippen LogP contribution in [0.2, 0.25) is 0 Å². The van der Waals surface area contributed by atoms with Crippen LogP contribution in [0, 0.1) is 0 Å². The van der Waals surface area contributed by atoms with Crippen molar-refractivity contribution in [3.8, 4) is 0 Å². The normalized spacial score (nSPS) is 15.3. The van der Waals surface area contributed by atoms with Gasteiger partial charge >= 0.3 is 0 Å². The molecule has 2 nitrogen and oxygen atoms in total. The maximum Gasteiger partial charge on any atom is 0.0636 e. The minimum atomic E-state index is 1.16. The highest BCUT2D eigenvalue weighted by atomic mass is 15.2. The smallest absolute Gasteiger partial charge is 0.0636 e. The molecule has 52 valence electrons. The van der Waals surface area contributed by atoms with Crippen molar-refractivity contribution < 1.29 is 0 Å². The molecule has 0 saturated carbocycles. The van der Waals surface area contributed by atoms with Crippen LogP contribution in [0.5, 0.6) is 0 Å². The number of hydrogen-bond acceptors (Lipinski definition) is 1. The standard InChI is InChI=1S/C8H10N2/c1-10-8-5-3-2-4-7(8)6-9-10/h4-6H,2-3H2,1H3. The number of rotatable bonds is 0. The summed E-state index contributed by atoms with van der Waals surface area (Å²) >= 11 is 0. The molecule has 10 heavy (non-hydrogen) atoms. The molecule has 0 aliphatic heterocycles. The van der Waals surface area contributed by atoms with Crippen LogP contribution in [-0.2, 0) is 7.05 Å². The average Bonchev–Trinajstić information content (AvgIpc) is 2.34. The van der Waals surface area contributed by atoms with Crippen LogP contribution < -0.4 is 10.6 Å². The summed E-state index contributed by atoms with van der Waals surface area (Å²) in [7, 11) is 1.98. The number of aryl methyl sites for hydroxylation is 1. The second kappa shape index (κ2) is 1.97. The highest BCUT2D eigenvalue weighted by molar-refractivity contribution is 5.34. The predicted molar refractivity (Wildman–Crippen MR) is 40.6 cm³/mol. The lowest BCUT2D eigenvalue weighted by Crippen LogP contribution is -2.29. The fourth-order valence-corrected chi connectivity index (χ4v) is 1.33. The van der Waals surface area contributed by atoms with E-state index in [0.717, 1.165) is 6.42 Å². The van der Waals surface area contributed by atoms with Crippen molar-refractivity contribution >= 4 is 12.2 Å². The van der Waals surface area contributed by atoms with Crippen molar-refractivity contribution in [3.05, 3.63) is 16.8 Å². The summed E-state index contributed by atoms with van der Waals surface area (Å²) in [5.74, 6) is 0. The third-order valence-electron chi connectivity index (χ3n) is 1.88. The van der Waals surface area contributed by atoms with Gasteiger partial charge in [0, 0.05) is 12.3 Å². The summed E-state index contributed by atoms with van der Waals surface area (Å²) in [4.78, 5) is 0. The van der Waals surface area contributed by atoms with Crippen molar-refractivity contribution in [2.45, 2.75) is 12.8 Å². The maximum absolute atomic E-state index is 4.15. The zero-order chi connectivity index (χ0) is 6.97. The molecular formula is C8H10N2. The van der Waals surface area contributed by atoms with Gasteiger partial charge in [-0.25, -0.2) is 0 Å². The van der Waals surface area contributed by atoms with Gasteiger partial charge in [-0.3, -0.25) is 4.68 Å². The Hall–Kier alpha value is -1.05. The van der Waals surface area contributed by atoms with Gasteiger partial charge < -0.3 is 0 Å². The Bertz CT molecular complexity index is 346. The van der Waals surface area contributed by atoms with Crippen LogP contribution in [0.15, 0.2) is 6.20 Å². The van der Waals surface area contributed by atoms with E-state index >= 15 is 0 Å². The monoisotopic (exact) mass is 134 g/mol. The first-order valence-corrected chi connectivity index (χ1v) is 3.56. The minimum Gasteiger partial charge on any atom is -0.268 e. The molecule has 0 saturated heterocycles. The molecule has 0 unspecified atom stereocenters. The van der Waals surface area contributed by atoms with Crippen molar-refractivity contribution in [3.63, 3.8) is 0 Å². The zero-order valence-corrected chi connectivity index (χ0v) is 6.04. The topological polar surface area (TPSA) is 17.8 Å². The molecule has 1 heterocycles. The zero-order valence-electron chi connectivity index (χ0n) is 6.04. The van der Waals surface area contributed by atoms with E-state index in [1.54, 1.807) is 0 Å². The van der Waals surface area contributed by atoms with Gasteiger partial charge in [0.2, 0.25) is 0 Å². The maximum atomic E-state index is 4.15. The van der Waals surface area contributed by atoms with E-state index in [4.69, 9.17) is 0 Å². The van der Waals surface area contributed by atoms with Gasteiger partial charge in [0.15, 0.2) is 0 Å². The molecule has 0 atom stereocenters. The number of hydrogen-bond donors (Lipinski definition) is 0. The van der Waals surface area contributed by atoms with E-state index in [-0.39, 0.29) is 0 Å². The number of aromatic nitrogens is 2. The molecule has 0 amide bonds. The Kier molecular flexibility index (Phi) is 1.13. The molecule has 1 aromatic heterocycles. The van der Waals surface area contributed by atoms with E-state index < -0.39 is 0 Å². The Morgan fingerprint density at radius 2 is 2.20 bits per heavy atom. The number of fused-ring (bicyclic) bond motifs is 1. The molecule has 2 heteroatoms. The van der Waals surface area contributed by atoms with Crippen molar-refractivity contribution in [1.82, 2.24) is 9.78 Å². The largest absolute Gasteiger partial charge is 0.268 e. The van der Waals surface area contributed by atoms with Crippen molar-refractivity contribution in [2.75, 3.05) is 0 Å². The SMILES string of the molecule is Cn1ncc2c1=CCCC=2. The van der Waals surface area contributed by atoms with E-state index in [9.17, 15) is 0 Å². The molecule has 0 radical (unpaired) electrons. The van der Waals surface area contributed by atoms with Crippen LogP contribution in [0.4, 0.5) is 0 Å². The third kappa shape index (κ3) is 0.685. The highest BCUT2D eigenvalue weighted by Gasteiger charge is 1.95. The molecule has 1 aromatic rings. The minimum absolute atomic E-state index is 1.16. The van der Waals surface area contributed by atoms with E-state index in [1.807, 2.05) is 17.9 Å². The van der Waals surface area contributed by atoms with Gasteiger partial charge in [-0.05, 0) is 12.8 Å². The first kappa shape index (κ1) is 5.71. The molecule has 0 bridgehead atoms. The molecule has 0 aromatic carbocycles. The molecular weight excluding hydrogens is 124 g/mol. The summed E-state index contributed by atoms with van der Waals surface area (Å²) in [5.41, 5.74) is 0. The Labute approximate surface area is 59.5 Å². The summed E-state index contributed by atoms with van der Waals surface area (Å²) < 4.78 is 1.92. The molecule has 0 spiro atoms. The van der Waals surface area contributed by atoms with Gasteiger partial charge in [-0.1, -0.05) is 12.2 Å². The molecule has 0 N–H and O–H groups in total. The summed E-state index contributed by atoms with van der Waals surface area (Å²) in [6.45, 7) is 0. The average molecular weight is 134 g/mol. The van der Waals surface area contributed by atoms with Gasteiger partial charge in [-0.2, -0.15) is 5.10 Å². The lowest BCUT2D eigenvalue weighted by atomic mass is 10.2. The van der Waals surface area contributed by atoms with Crippen molar-refractivity contribution in [2.24, 2.45) is 7.05 Å². The van der Waals surface area contributed by atoms with Gasteiger partial charge in [0.25, 0.3) is 0 Å². The van der Waals surface area contributed by atoms with E-state index in [1.165, 1.54) is 17.0 Å². The van der Waals surface area contributed by atoms with Gasteiger partial charge in [0.05, 0.1) is 11.5 Å². The first-order valence-electron chi connectivity index (χ1n) is 3.56. The van der Waals surface area contributed by atoms with E-state index in [0.29, 0.717) is 0 Å². The molecule has 1 aliphatic carbocycles. The van der Waals surface area contributed by atoms with Crippen LogP contribution in [0.3, 0.4) is 0 Å². The highest BCUT2D eigenvalue weighted by Crippen LogP contribution is 1.93. The van der Waals surface area contributed by atoms with Crippen LogP contribution in [0.25, 0.3) is 12.2 Å².